The summed E-state index contributed by atoms with van der Waals surface area (Å²) in [7, 11) is 1.83. The number of hydrogen-bond donors (Lipinski definition) is 0. The van der Waals surface area contributed by atoms with Gasteiger partial charge in [-0.1, -0.05) is 35.9 Å². The monoisotopic (exact) mass is 441 g/mol. The van der Waals surface area contributed by atoms with Crippen molar-refractivity contribution in [2.45, 2.75) is 13.5 Å². The van der Waals surface area contributed by atoms with E-state index in [1.165, 1.54) is 17.0 Å². The topological polar surface area (TPSA) is 45.7 Å². The van der Waals surface area contributed by atoms with Crippen molar-refractivity contribution in [3.05, 3.63) is 69.7 Å². The first-order valence-electron chi connectivity index (χ1n) is 9.92. The van der Waals surface area contributed by atoms with Gasteiger partial charge in [0.1, 0.15) is 9.88 Å². The highest BCUT2D eigenvalue weighted by atomic mass is 35.5. The summed E-state index contributed by atoms with van der Waals surface area (Å²) >= 11 is 7.40. The molecule has 1 aliphatic heterocycles. The van der Waals surface area contributed by atoms with Crippen LogP contribution in [0.25, 0.3) is 10.6 Å². The molecular weight excluding hydrogens is 418 g/mol. The fourth-order valence-electron chi connectivity index (χ4n) is 3.46. The van der Waals surface area contributed by atoms with Crippen molar-refractivity contribution in [2.75, 3.05) is 38.3 Å². The minimum Gasteiger partial charge on any atom is -0.378 e. The first-order chi connectivity index (χ1) is 14.5. The molecule has 0 atom stereocenters. The summed E-state index contributed by atoms with van der Waals surface area (Å²) in [5, 5.41) is 1.51. The fraction of sp³-hybridized carbons (Fsp3) is 0.304. The fourth-order valence-corrected chi connectivity index (χ4v) is 4.66. The maximum Gasteiger partial charge on any atom is 0.265 e. The van der Waals surface area contributed by atoms with Gasteiger partial charge in [-0.2, -0.15) is 0 Å². The summed E-state index contributed by atoms with van der Waals surface area (Å²) in [5.41, 5.74) is 4.02. The van der Waals surface area contributed by atoms with E-state index in [-0.39, 0.29) is 5.91 Å². The maximum atomic E-state index is 13.0. The lowest BCUT2D eigenvalue weighted by molar-refractivity contribution is 0.0789. The van der Waals surface area contributed by atoms with Crippen molar-refractivity contribution in [1.29, 1.82) is 0 Å². The third-order valence-corrected chi connectivity index (χ3v) is 6.61. The Morgan fingerprint density at radius 2 is 1.80 bits per heavy atom. The lowest BCUT2D eigenvalue weighted by atomic mass is 10.1. The van der Waals surface area contributed by atoms with Crippen LogP contribution in [0.4, 0.5) is 5.69 Å². The molecule has 0 bridgehead atoms. The number of hydrogen-bond acceptors (Lipinski definition) is 5. The Labute approximate surface area is 185 Å². The Bertz CT molecular complexity index is 1010. The molecule has 0 N–H and O–H groups in total. The standard InChI is InChI=1S/C23H24ClN3O2S/c1-16-21(30-22(25-16)18-5-7-19(24)8-6-18)23(28)26(2)15-17-3-9-20(10-4-17)27-11-13-29-14-12-27/h3-10H,11-15H2,1-2H3. The molecule has 2 aromatic carbocycles. The number of aryl methyl sites for hydroxylation is 1. The van der Waals surface area contributed by atoms with Gasteiger partial charge >= 0.3 is 0 Å². The number of rotatable bonds is 5. The SMILES string of the molecule is Cc1nc(-c2ccc(Cl)cc2)sc1C(=O)N(C)Cc1ccc(N2CCOCC2)cc1. The van der Waals surface area contributed by atoms with Crippen LogP contribution in [0, 0.1) is 6.92 Å². The van der Waals surface area contributed by atoms with E-state index < -0.39 is 0 Å². The minimum atomic E-state index is -0.0116. The van der Waals surface area contributed by atoms with Crippen molar-refractivity contribution >= 4 is 34.5 Å². The Morgan fingerprint density at radius 3 is 2.47 bits per heavy atom. The van der Waals surface area contributed by atoms with Gasteiger partial charge in [0.05, 0.1) is 18.9 Å². The zero-order valence-corrected chi connectivity index (χ0v) is 18.7. The van der Waals surface area contributed by atoms with Crippen LogP contribution >= 0.6 is 22.9 Å². The van der Waals surface area contributed by atoms with Gasteiger partial charge in [-0.15, -0.1) is 11.3 Å². The second-order valence-electron chi connectivity index (χ2n) is 7.37. The van der Waals surface area contributed by atoms with Crippen LogP contribution in [-0.4, -0.2) is 49.1 Å². The Hall–Kier alpha value is -2.41. The predicted molar refractivity (Wildman–Crippen MR) is 123 cm³/mol. The quantitative estimate of drug-likeness (QED) is 0.566. The van der Waals surface area contributed by atoms with Gasteiger partial charge in [0.15, 0.2) is 0 Å². The number of ether oxygens (including phenoxy) is 1. The summed E-state index contributed by atoms with van der Waals surface area (Å²) in [6.07, 6.45) is 0. The lowest BCUT2D eigenvalue weighted by Gasteiger charge is -2.29. The normalized spacial score (nSPS) is 14.0. The van der Waals surface area contributed by atoms with Crippen molar-refractivity contribution < 1.29 is 9.53 Å². The number of benzene rings is 2. The van der Waals surface area contributed by atoms with Crippen molar-refractivity contribution in [1.82, 2.24) is 9.88 Å². The highest BCUT2D eigenvalue weighted by molar-refractivity contribution is 7.17. The van der Waals surface area contributed by atoms with Gasteiger partial charge in [0, 0.05) is 43.0 Å². The minimum absolute atomic E-state index is 0.0116. The summed E-state index contributed by atoms with van der Waals surface area (Å²) in [5.74, 6) is -0.0116. The van der Waals surface area contributed by atoms with Crippen LogP contribution in [-0.2, 0) is 11.3 Å². The third-order valence-electron chi connectivity index (χ3n) is 5.16. The molecule has 1 aliphatic rings. The van der Waals surface area contributed by atoms with E-state index in [0.717, 1.165) is 48.1 Å². The van der Waals surface area contributed by atoms with E-state index >= 15 is 0 Å². The van der Waals surface area contributed by atoms with E-state index in [1.807, 2.05) is 38.2 Å². The first-order valence-corrected chi connectivity index (χ1v) is 11.1. The number of carbonyl (C=O) groups is 1. The van der Waals surface area contributed by atoms with Crippen LogP contribution in [0.5, 0.6) is 0 Å². The lowest BCUT2D eigenvalue weighted by Crippen LogP contribution is -2.36. The van der Waals surface area contributed by atoms with Gasteiger partial charge in [-0.05, 0) is 36.8 Å². The molecule has 1 amide bonds. The average molecular weight is 442 g/mol. The number of carbonyl (C=O) groups excluding carboxylic acids is 1. The molecule has 5 nitrogen and oxygen atoms in total. The molecule has 2 heterocycles. The van der Waals surface area contributed by atoms with E-state index in [9.17, 15) is 4.79 Å². The molecule has 1 fully saturated rings. The molecule has 0 unspecified atom stereocenters. The number of halogens is 1. The summed E-state index contributed by atoms with van der Waals surface area (Å²) in [6.45, 7) is 5.80. The Kier molecular flexibility index (Phi) is 6.37. The van der Waals surface area contributed by atoms with Crippen molar-refractivity contribution in [2.24, 2.45) is 0 Å². The highest BCUT2D eigenvalue weighted by Crippen LogP contribution is 2.30. The largest absolute Gasteiger partial charge is 0.378 e. The molecule has 4 rings (SSSR count). The summed E-state index contributed by atoms with van der Waals surface area (Å²) in [6, 6.07) is 15.9. The smallest absolute Gasteiger partial charge is 0.265 e. The average Bonchev–Trinajstić information content (AvgIpc) is 3.16. The van der Waals surface area contributed by atoms with Crippen LogP contribution in [0.1, 0.15) is 20.9 Å². The van der Waals surface area contributed by atoms with Crippen LogP contribution in [0.15, 0.2) is 48.5 Å². The molecule has 3 aromatic rings. The van der Waals surface area contributed by atoms with Crippen molar-refractivity contribution in [3.8, 4) is 10.6 Å². The zero-order valence-electron chi connectivity index (χ0n) is 17.1. The van der Waals surface area contributed by atoms with Gasteiger partial charge < -0.3 is 14.5 Å². The number of morpholine rings is 1. The van der Waals surface area contributed by atoms with E-state index in [0.29, 0.717) is 16.4 Å². The number of thiazole rings is 1. The molecule has 0 spiro atoms. The van der Waals surface area contributed by atoms with Gasteiger partial charge in [-0.25, -0.2) is 4.98 Å². The molecule has 30 heavy (non-hydrogen) atoms. The second-order valence-corrected chi connectivity index (χ2v) is 8.80. The predicted octanol–water partition coefficient (Wildman–Crippen LogP) is 4.88. The van der Waals surface area contributed by atoms with E-state index in [4.69, 9.17) is 16.3 Å². The Balaban J connectivity index is 1.44. The maximum absolute atomic E-state index is 13.0. The molecule has 1 saturated heterocycles. The number of anilines is 1. The van der Waals surface area contributed by atoms with Gasteiger partial charge in [0.2, 0.25) is 0 Å². The molecule has 0 aliphatic carbocycles. The molecule has 156 valence electrons. The number of nitrogens with zero attached hydrogens (tertiary/aromatic N) is 3. The molecule has 0 saturated carbocycles. The van der Waals surface area contributed by atoms with Crippen LogP contribution < -0.4 is 4.90 Å². The van der Waals surface area contributed by atoms with Crippen molar-refractivity contribution in [3.63, 3.8) is 0 Å². The van der Waals surface area contributed by atoms with Gasteiger partial charge in [-0.3, -0.25) is 4.79 Å². The van der Waals surface area contributed by atoms with E-state index in [2.05, 4.69) is 34.1 Å². The molecular formula is C23H24ClN3O2S. The molecule has 1 aromatic heterocycles. The van der Waals surface area contributed by atoms with Gasteiger partial charge in [0.25, 0.3) is 5.91 Å². The summed E-state index contributed by atoms with van der Waals surface area (Å²) in [4.78, 5) is 22.4. The summed E-state index contributed by atoms with van der Waals surface area (Å²) < 4.78 is 5.41. The van der Waals surface area contributed by atoms with Crippen LogP contribution in [0.3, 0.4) is 0 Å². The Morgan fingerprint density at radius 1 is 1.13 bits per heavy atom. The second kappa shape index (κ2) is 9.16. The van der Waals surface area contributed by atoms with Crippen LogP contribution in [0.2, 0.25) is 5.02 Å². The van der Waals surface area contributed by atoms with E-state index in [1.54, 1.807) is 4.90 Å². The highest BCUT2D eigenvalue weighted by Gasteiger charge is 2.20. The third kappa shape index (κ3) is 4.67. The zero-order chi connectivity index (χ0) is 21.1. The first kappa shape index (κ1) is 20.8. The number of amides is 1. The molecule has 7 heteroatoms. The molecule has 0 radical (unpaired) electrons. The number of aromatic nitrogens is 1.